The van der Waals surface area contributed by atoms with E-state index in [-0.39, 0.29) is 12.1 Å². The van der Waals surface area contributed by atoms with E-state index in [1.165, 1.54) is 0 Å². The SMILES string of the molecule is O=C(NCC(c1ccc(Cl)cc1)N1CCOCC1)N1CCOCC1. The number of hydrogen-bond donors (Lipinski definition) is 1. The van der Waals surface area contributed by atoms with E-state index < -0.39 is 0 Å². The molecule has 0 spiro atoms. The van der Waals surface area contributed by atoms with E-state index in [2.05, 4.69) is 10.2 Å². The molecule has 0 bridgehead atoms. The summed E-state index contributed by atoms with van der Waals surface area (Å²) in [4.78, 5) is 16.5. The second-order valence-electron chi connectivity index (χ2n) is 6.00. The second kappa shape index (κ2) is 8.67. The highest BCUT2D eigenvalue weighted by atomic mass is 35.5. The van der Waals surface area contributed by atoms with Crippen LogP contribution in [0.25, 0.3) is 0 Å². The zero-order valence-electron chi connectivity index (χ0n) is 13.7. The quantitative estimate of drug-likeness (QED) is 0.896. The maximum atomic E-state index is 12.4. The predicted molar refractivity (Wildman–Crippen MR) is 92.4 cm³/mol. The molecule has 0 aliphatic carbocycles. The molecular weight excluding hydrogens is 330 g/mol. The number of benzene rings is 1. The smallest absolute Gasteiger partial charge is 0.317 e. The van der Waals surface area contributed by atoms with Gasteiger partial charge in [0.15, 0.2) is 0 Å². The number of morpholine rings is 2. The summed E-state index contributed by atoms with van der Waals surface area (Å²) in [6, 6.07) is 7.95. The number of carbonyl (C=O) groups is 1. The molecule has 3 rings (SSSR count). The van der Waals surface area contributed by atoms with E-state index in [1.807, 2.05) is 29.2 Å². The summed E-state index contributed by atoms with van der Waals surface area (Å²) >= 11 is 6.01. The van der Waals surface area contributed by atoms with Gasteiger partial charge < -0.3 is 19.7 Å². The third kappa shape index (κ3) is 4.60. The maximum Gasteiger partial charge on any atom is 0.317 e. The molecule has 2 fully saturated rings. The Labute approximate surface area is 147 Å². The summed E-state index contributed by atoms with van der Waals surface area (Å²) < 4.78 is 10.7. The fraction of sp³-hybridized carbons (Fsp3) is 0.588. The summed E-state index contributed by atoms with van der Waals surface area (Å²) in [5.41, 5.74) is 1.16. The number of rotatable bonds is 4. The Morgan fingerprint density at radius 3 is 2.25 bits per heavy atom. The first-order valence-electron chi connectivity index (χ1n) is 8.42. The highest BCUT2D eigenvalue weighted by Gasteiger charge is 2.24. The molecule has 2 aliphatic rings. The van der Waals surface area contributed by atoms with Crippen molar-refractivity contribution in [2.45, 2.75) is 6.04 Å². The van der Waals surface area contributed by atoms with Crippen LogP contribution in [0, 0.1) is 0 Å². The van der Waals surface area contributed by atoms with Crippen LogP contribution in [0.5, 0.6) is 0 Å². The van der Waals surface area contributed by atoms with Crippen LogP contribution in [0.4, 0.5) is 4.79 Å². The van der Waals surface area contributed by atoms with Crippen molar-refractivity contribution < 1.29 is 14.3 Å². The van der Waals surface area contributed by atoms with Crippen molar-refractivity contribution in [3.05, 3.63) is 34.9 Å². The molecule has 2 aliphatic heterocycles. The summed E-state index contributed by atoms with van der Waals surface area (Å²) in [5, 5.41) is 3.80. The molecule has 0 radical (unpaired) electrons. The third-order valence-electron chi connectivity index (χ3n) is 4.49. The van der Waals surface area contributed by atoms with E-state index in [9.17, 15) is 4.79 Å². The highest BCUT2D eigenvalue weighted by Crippen LogP contribution is 2.23. The number of carbonyl (C=O) groups excluding carboxylic acids is 1. The van der Waals surface area contributed by atoms with Crippen LogP contribution >= 0.6 is 11.6 Å². The van der Waals surface area contributed by atoms with Crippen LogP contribution < -0.4 is 5.32 Å². The van der Waals surface area contributed by atoms with E-state index in [0.717, 1.165) is 36.9 Å². The number of ether oxygens (including phenoxy) is 2. The lowest BCUT2D eigenvalue weighted by Crippen LogP contribution is -2.49. The molecule has 24 heavy (non-hydrogen) atoms. The Morgan fingerprint density at radius 2 is 1.62 bits per heavy atom. The first-order chi connectivity index (χ1) is 11.7. The molecule has 2 amide bonds. The molecule has 6 nitrogen and oxygen atoms in total. The predicted octanol–water partition coefficient (Wildman–Crippen LogP) is 1.76. The Balaban J connectivity index is 1.64. The van der Waals surface area contributed by atoms with E-state index in [0.29, 0.717) is 32.8 Å². The van der Waals surface area contributed by atoms with Crippen molar-refractivity contribution in [1.29, 1.82) is 0 Å². The molecule has 7 heteroatoms. The van der Waals surface area contributed by atoms with Crippen LogP contribution in [-0.4, -0.2) is 75.0 Å². The Kier molecular flexibility index (Phi) is 6.31. The van der Waals surface area contributed by atoms with Crippen LogP contribution in [0.15, 0.2) is 24.3 Å². The first-order valence-corrected chi connectivity index (χ1v) is 8.79. The van der Waals surface area contributed by atoms with Gasteiger partial charge in [-0.25, -0.2) is 4.79 Å². The van der Waals surface area contributed by atoms with Gasteiger partial charge in [-0.15, -0.1) is 0 Å². The molecule has 0 aromatic heterocycles. The molecule has 0 saturated carbocycles. The van der Waals surface area contributed by atoms with Gasteiger partial charge in [0, 0.05) is 37.7 Å². The number of amides is 2. The summed E-state index contributed by atoms with van der Waals surface area (Å²) in [6.45, 7) is 6.25. The van der Waals surface area contributed by atoms with Crippen molar-refractivity contribution in [1.82, 2.24) is 15.1 Å². The standard InChI is InChI=1S/C17H24ClN3O3/c18-15-3-1-14(2-4-15)16(20-5-9-23-10-6-20)13-19-17(22)21-7-11-24-12-8-21/h1-4,16H,5-13H2,(H,19,22). The van der Waals surface area contributed by atoms with Crippen LogP contribution in [0.3, 0.4) is 0 Å². The molecule has 1 aromatic rings. The number of hydrogen-bond acceptors (Lipinski definition) is 4. The zero-order valence-corrected chi connectivity index (χ0v) is 14.5. The highest BCUT2D eigenvalue weighted by molar-refractivity contribution is 6.30. The van der Waals surface area contributed by atoms with Crippen LogP contribution in [0.2, 0.25) is 5.02 Å². The Bertz CT molecular complexity index is 528. The topological polar surface area (TPSA) is 54.0 Å². The fourth-order valence-electron chi connectivity index (χ4n) is 3.09. The summed E-state index contributed by atoms with van der Waals surface area (Å²) in [5.74, 6) is 0. The Hall–Kier alpha value is -1.34. The van der Waals surface area contributed by atoms with Crippen molar-refractivity contribution in [2.24, 2.45) is 0 Å². The van der Waals surface area contributed by atoms with Gasteiger partial charge in [0.1, 0.15) is 0 Å². The summed E-state index contributed by atoms with van der Waals surface area (Å²) in [6.07, 6.45) is 0. The first kappa shape index (κ1) is 17.5. The minimum absolute atomic E-state index is 0.0227. The monoisotopic (exact) mass is 353 g/mol. The molecular formula is C17H24ClN3O3. The molecule has 1 atom stereocenters. The average molecular weight is 354 g/mol. The lowest BCUT2D eigenvalue weighted by Gasteiger charge is -2.35. The number of halogens is 1. The Morgan fingerprint density at radius 1 is 1.04 bits per heavy atom. The normalized spacial score (nSPS) is 20.6. The van der Waals surface area contributed by atoms with Gasteiger partial charge in [-0.3, -0.25) is 4.90 Å². The lowest BCUT2D eigenvalue weighted by atomic mass is 10.0. The van der Waals surface area contributed by atoms with Crippen molar-refractivity contribution in [3.63, 3.8) is 0 Å². The van der Waals surface area contributed by atoms with Crippen molar-refractivity contribution in [2.75, 3.05) is 59.2 Å². The minimum Gasteiger partial charge on any atom is -0.379 e. The van der Waals surface area contributed by atoms with Crippen LogP contribution in [0.1, 0.15) is 11.6 Å². The van der Waals surface area contributed by atoms with Gasteiger partial charge in [0.05, 0.1) is 32.5 Å². The molecule has 1 N–H and O–H groups in total. The van der Waals surface area contributed by atoms with Gasteiger partial charge in [0.2, 0.25) is 0 Å². The van der Waals surface area contributed by atoms with E-state index in [1.54, 1.807) is 0 Å². The zero-order chi connectivity index (χ0) is 16.8. The largest absolute Gasteiger partial charge is 0.379 e. The lowest BCUT2D eigenvalue weighted by molar-refractivity contribution is 0.0158. The van der Waals surface area contributed by atoms with Gasteiger partial charge in [-0.05, 0) is 17.7 Å². The number of nitrogens with zero attached hydrogens (tertiary/aromatic N) is 2. The number of nitrogens with one attached hydrogen (secondary N) is 1. The fourth-order valence-corrected chi connectivity index (χ4v) is 3.22. The van der Waals surface area contributed by atoms with Gasteiger partial charge >= 0.3 is 6.03 Å². The van der Waals surface area contributed by atoms with Crippen LogP contribution in [-0.2, 0) is 9.47 Å². The van der Waals surface area contributed by atoms with Gasteiger partial charge in [-0.1, -0.05) is 23.7 Å². The van der Waals surface area contributed by atoms with E-state index in [4.69, 9.17) is 21.1 Å². The molecule has 1 unspecified atom stereocenters. The maximum absolute atomic E-state index is 12.4. The summed E-state index contributed by atoms with van der Waals surface area (Å²) in [7, 11) is 0. The van der Waals surface area contributed by atoms with Crippen molar-refractivity contribution in [3.8, 4) is 0 Å². The number of urea groups is 1. The van der Waals surface area contributed by atoms with Crippen molar-refractivity contribution >= 4 is 17.6 Å². The molecule has 2 heterocycles. The molecule has 2 saturated heterocycles. The average Bonchev–Trinajstić information content (AvgIpc) is 2.65. The van der Waals surface area contributed by atoms with Gasteiger partial charge in [-0.2, -0.15) is 0 Å². The second-order valence-corrected chi connectivity index (χ2v) is 6.44. The minimum atomic E-state index is -0.0227. The third-order valence-corrected chi connectivity index (χ3v) is 4.74. The molecule has 1 aromatic carbocycles. The van der Waals surface area contributed by atoms with E-state index >= 15 is 0 Å². The molecule has 132 valence electrons. The van der Waals surface area contributed by atoms with Gasteiger partial charge in [0.25, 0.3) is 0 Å².